The lowest BCUT2D eigenvalue weighted by Crippen LogP contribution is -2.55. The molecular weight excluding hydrogens is 510 g/mol. The van der Waals surface area contributed by atoms with E-state index in [9.17, 15) is 9.18 Å². The number of anilines is 2. The Balaban J connectivity index is 1.49. The Morgan fingerprint density at radius 2 is 1.84 bits per heavy atom. The molecule has 38 heavy (non-hydrogen) atoms. The Kier molecular flexibility index (Phi) is 7.54. The Hall–Kier alpha value is -3.23. The first-order valence-corrected chi connectivity index (χ1v) is 13.2. The van der Waals surface area contributed by atoms with Crippen molar-refractivity contribution in [1.29, 1.82) is 0 Å². The minimum atomic E-state index is -0.534. The smallest absolute Gasteiger partial charge is 0.257 e. The number of pyridine rings is 1. The van der Waals surface area contributed by atoms with E-state index < -0.39 is 17.5 Å². The van der Waals surface area contributed by atoms with Crippen molar-refractivity contribution < 1.29 is 18.3 Å². The van der Waals surface area contributed by atoms with Crippen molar-refractivity contribution in [2.75, 3.05) is 37.0 Å². The lowest BCUT2D eigenvalue weighted by Gasteiger charge is -2.44. The fraction of sp³-hybridized carbons (Fsp3) is 0.379. The molecular formula is C29H31ClF2N4O2. The van der Waals surface area contributed by atoms with Crippen molar-refractivity contribution in [2.24, 2.45) is 5.92 Å². The van der Waals surface area contributed by atoms with Gasteiger partial charge in [0.2, 0.25) is 5.88 Å². The summed E-state index contributed by atoms with van der Waals surface area (Å²) in [5.74, 6) is -0.370. The van der Waals surface area contributed by atoms with Gasteiger partial charge in [0, 0.05) is 48.6 Å². The molecule has 2 atom stereocenters. The number of likely N-dealkylation sites (N-methyl/N-ethyl adjacent to an activating group) is 1. The van der Waals surface area contributed by atoms with Crippen LogP contribution in [0.4, 0.5) is 20.2 Å². The third-order valence-corrected chi connectivity index (χ3v) is 7.73. The van der Waals surface area contributed by atoms with E-state index in [0.29, 0.717) is 54.0 Å². The van der Waals surface area contributed by atoms with E-state index in [1.165, 1.54) is 31.0 Å². The average Bonchev–Trinajstić information content (AvgIpc) is 3.71. The summed E-state index contributed by atoms with van der Waals surface area (Å²) in [6.07, 6.45) is 3.93. The maximum atomic E-state index is 15.6. The van der Waals surface area contributed by atoms with E-state index in [4.69, 9.17) is 16.3 Å². The molecule has 1 aliphatic heterocycles. The van der Waals surface area contributed by atoms with Crippen LogP contribution in [0.3, 0.4) is 0 Å². The predicted molar refractivity (Wildman–Crippen MR) is 146 cm³/mol. The van der Waals surface area contributed by atoms with Crippen LogP contribution in [0, 0.1) is 17.6 Å². The number of halogens is 3. The molecule has 0 unspecified atom stereocenters. The molecule has 5 rings (SSSR count). The van der Waals surface area contributed by atoms with Crippen molar-refractivity contribution in [1.82, 2.24) is 9.88 Å². The van der Waals surface area contributed by atoms with Gasteiger partial charge in [0.1, 0.15) is 11.6 Å². The summed E-state index contributed by atoms with van der Waals surface area (Å²) >= 11 is 6.15. The van der Waals surface area contributed by atoms with E-state index in [1.807, 2.05) is 0 Å². The Morgan fingerprint density at radius 3 is 2.47 bits per heavy atom. The van der Waals surface area contributed by atoms with Gasteiger partial charge in [-0.3, -0.25) is 9.69 Å². The van der Waals surface area contributed by atoms with Crippen molar-refractivity contribution in [3.05, 3.63) is 70.9 Å². The largest absolute Gasteiger partial charge is 0.477 e. The quantitative estimate of drug-likeness (QED) is 0.384. The van der Waals surface area contributed by atoms with Gasteiger partial charge in [-0.2, -0.15) is 0 Å². The van der Waals surface area contributed by atoms with Crippen LogP contribution in [0.25, 0.3) is 11.1 Å². The minimum absolute atomic E-state index is 0.000728. The van der Waals surface area contributed by atoms with Gasteiger partial charge in [0.15, 0.2) is 0 Å². The molecule has 0 radical (unpaired) electrons. The Bertz CT molecular complexity index is 1320. The van der Waals surface area contributed by atoms with Gasteiger partial charge in [-0.05, 0) is 76.1 Å². The van der Waals surface area contributed by atoms with E-state index >= 15 is 4.39 Å². The predicted octanol–water partition coefficient (Wildman–Crippen LogP) is 6.25. The van der Waals surface area contributed by atoms with Crippen LogP contribution in [0.2, 0.25) is 5.02 Å². The number of carbonyl (C=O) groups excluding carboxylic acids is 1. The van der Waals surface area contributed by atoms with Crippen LogP contribution in [0.5, 0.6) is 5.88 Å². The van der Waals surface area contributed by atoms with Crippen LogP contribution in [0.15, 0.2) is 48.7 Å². The van der Waals surface area contributed by atoms with E-state index in [1.54, 1.807) is 24.4 Å². The normalized spacial score (nSPS) is 19.9. The maximum Gasteiger partial charge on any atom is 0.257 e. The standard InChI is InChI=1S/C29H31ClF2N4O2/c1-17-14-36(15-18(2)35(17)3)27-12-25(32)23(20-6-9-28(33-13-20)38-16-19-4-5-19)11-26(27)34-29(37)22-8-7-21(31)10-24(22)30/h6-13,17-19H,4-5,14-16H2,1-3H3,(H,34,37)/t17-,18+. The molecule has 1 amide bonds. The van der Waals surface area contributed by atoms with E-state index in [2.05, 4.69) is 41.0 Å². The highest BCUT2D eigenvalue weighted by molar-refractivity contribution is 6.34. The molecule has 2 heterocycles. The number of amides is 1. The lowest BCUT2D eigenvalue weighted by molar-refractivity contribution is 0.102. The number of hydrogen-bond acceptors (Lipinski definition) is 5. The van der Waals surface area contributed by atoms with Gasteiger partial charge in [-0.25, -0.2) is 13.8 Å². The molecule has 2 fully saturated rings. The number of benzene rings is 2. The third-order valence-electron chi connectivity index (χ3n) is 7.42. The van der Waals surface area contributed by atoms with Crippen LogP contribution in [-0.4, -0.2) is 54.6 Å². The Labute approximate surface area is 226 Å². The second kappa shape index (κ2) is 10.9. The minimum Gasteiger partial charge on any atom is -0.477 e. The monoisotopic (exact) mass is 540 g/mol. The summed E-state index contributed by atoms with van der Waals surface area (Å²) in [6.45, 7) is 6.19. The molecule has 1 aromatic heterocycles. The SMILES string of the molecule is C[C@@H]1CN(c2cc(F)c(-c3ccc(OCC4CC4)nc3)cc2NC(=O)c2ccc(F)cc2Cl)C[C@H](C)N1C. The van der Waals surface area contributed by atoms with Crippen molar-refractivity contribution in [2.45, 2.75) is 38.8 Å². The highest BCUT2D eigenvalue weighted by Crippen LogP contribution is 2.37. The molecule has 1 saturated heterocycles. The highest BCUT2D eigenvalue weighted by atomic mass is 35.5. The van der Waals surface area contributed by atoms with Crippen LogP contribution in [0.1, 0.15) is 37.0 Å². The number of rotatable bonds is 7. The first kappa shape index (κ1) is 26.4. The summed E-state index contributed by atoms with van der Waals surface area (Å²) in [5.41, 5.74) is 1.99. The fourth-order valence-corrected chi connectivity index (χ4v) is 4.98. The molecule has 3 aromatic rings. The zero-order chi connectivity index (χ0) is 27.0. The molecule has 1 N–H and O–H groups in total. The number of ether oxygens (including phenoxy) is 1. The van der Waals surface area contributed by atoms with Crippen molar-refractivity contribution in [3.8, 4) is 17.0 Å². The molecule has 6 nitrogen and oxygen atoms in total. The summed E-state index contributed by atoms with van der Waals surface area (Å²) in [5, 5.41) is 2.90. The first-order chi connectivity index (χ1) is 18.2. The van der Waals surface area contributed by atoms with Gasteiger partial charge >= 0.3 is 0 Å². The number of aromatic nitrogens is 1. The molecule has 2 aromatic carbocycles. The molecule has 2 aliphatic rings. The summed E-state index contributed by atoms with van der Waals surface area (Å²) in [6, 6.07) is 10.6. The highest BCUT2D eigenvalue weighted by Gasteiger charge is 2.29. The summed E-state index contributed by atoms with van der Waals surface area (Å²) < 4.78 is 34.9. The molecule has 1 aliphatic carbocycles. The van der Waals surface area contributed by atoms with E-state index in [0.717, 1.165) is 6.07 Å². The number of nitrogens with one attached hydrogen (secondary N) is 1. The number of nitrogens with zero attached hydrogens (tertiary/aromatic N) is 3. The van der Waals surface area contributed by atoms with Crippen LogP contribution >= 0.6 is 11.6 Å². The van der Waals surface area contributed by atoms with Gasteiger partial charge < -0.3 is 15.0 Å². The van der Waals surface area contributed by atoms with Crippen LogP contribution < -0.4 is 15.0 Å². The maximum absolute atomic E-state index is 15.6. The zero-order valence-electron chi connectivity index (χ0n) is 21.7. The average molecular weight is 541 g/mol. The van der Waals surface area contributed by atoms with Gasteiger partial charge in [0.25, 0.3) is 5.91 Å². The molecule has 0 spiro atoms. The van der Waals surface area contributed by atoms with Crippen LogP contribution in [-0.2, 0) is 0 Å². The van der Waals surface area contributed by atoms with E-state index in [-0.39, 0.29) is 22.7 Å². The third kappa shape index (κ3) is 5.76. The van der Waals surface area contributed by atoms with Crippen molar-refractivity contribution in [3.63, 3.8) is 0 Å². The number of hydrogen-bond donors (Lipinski definition) is 1. The summed E-state index contributed by atoms with van der Waals surface area (Å²) in [4.78, 5) is 21.9. The topological polar surface area (TPSA) is 57.7 Å². The molecule has 1 saturated carbocycles. The van der Waals surface area contributed by atoms with Gasteiger partial charge in [-0.15, -0.1) is 0 Å². The van der Waals surface area contributed by atoms with Crippen molar-refractivity contribution >= 4 is 28.9 Å². The Morgan fingerprint density at radius 1 is 1.11 bits per heavy atom. The molecule has 200 valence electrons. The second-order valence-electron chi connectivity index (χ2n) is 10.3. The summed E-state index contributed by atoms with van der Waals surface area (Å²) in [7, 11) is 2.07. The lowest BCUT2D eigenvalue weighted by atomic mass is 10.0. The fourth-order valence-electron chi connectivity index (χ4n) is 4.72. The van der Waals surface area contributed by atoms with Gasteiger partial charge in [-0.1, -0.05) is 11.6 Å². The number of carbonyl (C=O) groups is 1. The van der Waals surface area contributed by atoms with Gasteiger partial charge in [0.05, 0.1) is 28.6 Å². The first-order valence-electron chi connectivity index (χ1n) is 12.9. The molecule has 9 heteroatoms. The zero-order valence-corrected chi connectivity index (χ0v) is 22.4. The molecule has 0 bridgehead atoms. The number of piperazine rings is 1. The second-order valence-corrected chi connectivity index (χ2v) is 10.7.